The lowest BCUT2D eigenvalue weighted by Crippen LogP contribution is -2.12. The molecule has 1 N–H and O–H groups in total. The highest BCUT2D eigenvalue weighted by molar-refractivity contribution is 5.98. The third kappa shape index (κ3) is 3.24. The van der Waals surface area contributed by atoms with E-state index in [9.17, 15) is 4.79 Å². The molecular formula is C20H17NO2. The zero-order valence-corrected chi connectivity index (χ0v) is 12.8. The van der Waals surface area contributed by atoms with Crippen LogP contribution in [0.15, 0.2) is 78.9 Å². The zero-order valence-electron chi connectivity index (χ0n) is 12.8. The fourth-order valence-electron chi connectivity index (χ4n) is 2.56. The maximum Gasteiger partial charge on any atom is 0.411 e. The van der Waals surface area contributed by atoms with Gasteiger partial charge in [0.25, 0.3) is 0 Å². The van der Waals surface area contributed by atoms with E-state index >= 15 is 0 Å². The number of hydrogen-bond acceptors (Lipinski definition) is 2. The summed E-state index contributed by atoms with van der Waals surface area (Å²) in [5.41, 5.74) is 4.74. The molecule has 0 saturated heterocycles. The highest BCUT2D eigenvalue weighted by atomic mass is 16.5. The first-order chi connectivity index (χ1) is 11.3. The van der Waals surface area contributed by atoms with Gasteiger partial charge in [-0.25, -0.2) is 4.79 Å². The fraction of sp³-hybridized carbons (Fsp3) is 0.0500. The summed E-state index contributed by atoms with van der Waals surface area (Å²) in [4.78, 5) is 11.8. The molecule has 0 radical (unpaired) electrons. The second-order valence-corrected chi connectivity index (χ2v) is 5.08. The van der Waals surface area contributed by atoms with Crippen LogP contribution in [0.4, 0.5) is 10.5 Å². The second kappa shape index (κ2) is 6.79. The van der Waals surface area contributed by atoms with Crippen molar-refractivity contribution in [1.82, 2.24) is 0 Å². The van der Waals surface area contributed by atoms with E-state index in [0.29, 0.717) is 0 Å². The number of benzene rings is 3. The SMILES string of the molecule is COC(=O)Nc1c(-c2ccccc2)cccc1-c1ccccc1. The summed E-state index contributed by atoms with van der Waals surface area (Å²) in [5, 5.41) is 2.86. The van der Waals surface area contributed by atoms with Gasteiger partial charge in [-0.15, -0.1) is 0 Å². The van der Waals surface area contributed by atoms with Crippen molar-refractivity contribution in [3.8, 4) is 22.3 Å². The molecule has 0 heterocycles. The third-order valence-electron chi connectivity index (χ3n) is 3.65. The van der Waals surface area contributed by atoms with Crippen LogP contribution in [0.1, 0.15) is 0 Å². The number of para-hydroxylation sites is 1. The molecule has 0 bridgehead atoms. The number of ether oxygens (including phenoxy) is 1. The lowest BCUT2D eigenvalue weighted by Gasteiger charge is -2.16. The Balaban J connectivity index is 2.18. The molecule has 3 aromatic carbocycles. The smallest absolute Gasteiger partial charge is 0.411 e. The van der Waals surface area contributed by atoms with Crippen molar-refractivity contribution in [3.05, 3.63) is 78.9 Å². The Bertz CT molecular complexity index is 741. The summed E-state index contributed by atoms with van der Waals surface area (Å²) in [5.74, 6) is 0. The van der Waals surface area contributed by atoms with Crippen LogP contribution >= 0.6 is 0 Å². The normalized spacial score (nSPS) is 10.1. The molecule has 23 heavy (non-hydrogen) atoms. The van der Waals surface area contributed by atoms with E-state index in [2.05, 4.69) is 5.32 Å². The molecule has 3 nitrogen and oxygen atoms in total. The van der Waals surface area contributed by atoms with Crippen molar-refractivity contribution in [3.63, 3.8) is 0 Å². The Labute approximate surface area is 135 Å². The van der Waals surface area contributed by atoms with E-state index in [4.69, 9.17) is 4.74 Å². The molecule has 0 spiro atoms. The van der Waals surface area contributed by atoms with Crippen LogP contribution in [0.5, 0.6) is 0 Å². The van der Waals surface area contributed by atoms with Crippen LogP contribution in [0.2, 0.25) is 0 Å². The van der Waals surface area contributed by atoms with E-state index < -0.39 is 6.09 Å². The second-order valence-electron chi connectivity index (χ2n) is 5.08. The quantitative estimate of drug-likeness (QED) is 0.722. The van der Waals surface area contributed by atoms with Gasteiger partial charge in [0, 0.05) is 11.1 Å². The maximum atomic E-state index is 11.8. The van der Waals surface area contributed by atoms with E-state index in [1.54, 1.807) is 0 Å². The lowest BCUT2D eigenvalue weighted by atomic mass is 9.96. The van der Waals surface area contributed by atoms with Gasteiger partial charge < -0.3 is 4.74 Å². The molecule has 3 heteroatoms. The van der Waals surface area contributed by atoms with Crippen molar-refractivity contribution in [2.75, 3.05) is 12.4 Å². The summed E-state index contributed by atoms with van der Waals surface area (Å²) >= 11 is 0. The van der Waals surface area contributed by atoms with E-state index in [1.165, 1.54) is 7.11 Å². The molecule has 0 unspecified atom stereocenters. The molecule has 3 rings (SSSR count). The van der Waals surface area contributed by atoms with Gasteiger partial charge in [0.15, 0.2) is 0 Å². The molecule has 0 aliphatic heterocycles. The van der Waals surface area contributed by atoms with Crippen molar-refractivity contribution in [2.24, 2.45) is 0 Å². The number of amides is 1. The number of carbonyl (C=O) groups is 1. The van der Waals surface area contributed by atoms with Gasteiger partial charge in [0.2, 0.25) is 0 Å². The third-order valence-corrected chi connectivity index (χ3v) is 3.65. The summed E-state index contributed by atoms with van der Waals surface area (Å²) in [7, 11) is 1.36. The number of nitrogens with one attached hydrogen (secondary N) is 1. The average molecular weight is 303 g/mol. The molecule has 0 fully saturated rings. The predicted octanol–water partition coefficient (Wildman–Crippen LogP) is 5.20. The zero-order chi connectivity index (χ0) is 16.1. The van der Waals surface area contributed by atoms with Crippen LogP contribution in [0.25, 0.3) is 22.3 Å². The minimum atomic E-state index is -0.481. The van der Waals surface area contributed by atoms with E-state index in [-0.39, 0.29) is 0 Å². The first-order valence-corrected chi connectivity index (χ1v) is 7.38. The number of methoxy groups -OCH3 is 1. The minimum Gasteiger partial charge on any atom is -0.453 e. The first kappa shape index (κ1) is 14.9. The standard InChI is InChI=1S/C20H17NO2/c1-23-20(22)21-19-17(15-9-4-2-5-10-15)13-8-14-18(19)16-11-6-3-7-12-16/h2-14H,1H3,(H,21,22). The number of carbonyl (C=O) groups excluding carboxylic acids is 1. The van der Waals surface area contributed by atoms with Gasteiger partial charge in [0.05, 0.1) is 12.8 Å². The van der Waals surface area contributed by atoms with Crippen LogP contribution in [-0.4, -0.2) is 13.2 Å². The van der Waals surface area contributed by atoms with Crippen LogP contribution in [0.3, 0.4) is 0 Å². The minimum absolute atomic E-state index is 0.481. The highest BCUT2D eigenvalue weighted by Crippen LogP contribution is 2.36. The number of rotatable bonds is 3. The topological polar surface area (TPSA) is 38.3 Å². The molecule has 0 aliphatic carbocycles. The molecule has 0 aliphatic rings. The first-order valence-electron chi connectivity index (χ1n) is 7.38. The Morgan fingerprint density at radius 1 is 0.739 bits per heavy atom. The fourth-order valence-corrected chi connectivity index (χ4v) is 2.56. The molecule has 0 saturated carbocycles. The van der Waals surface area contributed by atoms with Gasteiger partial charge in [-0.3, -0.25) is 5.32 Å². The summed E-state index contributed by atoms with van der Waals surface area (Å²) in [6.07, 6.45) is -0.481. The molecule has 3 aromatic rings. The van der Waals surface area contributed by atoms with E-state index in [1.807, 2.05) is 78.9 Å². The van der Waals surface area contributed by atoms with Gasteiger partial charge in [-0.2, -0.15) is 0 Å². The monoisotopic (exact) mass is 303 g/mol. The van der Waals surface area contributed by atoms with Crippen LogP contribution < -0.4 is 5.32 Å². The molecule has 1 amide bonds. The molecule has 114 valence electrons. The van der Waals surface area contributed by atoms with Gasteiger partial charge in [-0.05, 0) is 11.1 Å². The summed E-state index contributed by atoms with van der Waals surface area (Å²) in [6, 6.07) is 25.9. The highest BCUT2D eigenvalue weighted by Gasteiger charge is 2.14. The van der Waals surface area contributed by atoms with Gasteiger partial charge >= 0.3 is 6.09 Å². The average Bonchev–Trinajstić information content (AvgIpc) is 2.63. The molecular weight excluding hydrogens is 286 g/mol. The molecule has 0 atom stereocenters. The predicted molar refractivity (Wildman–Crippen MR) is 93.3 cm³/mol. The largest absolute Gasteiger partial charge is 0.453 e. The Morgan fingerprint density at radius 3 is 1.65 bits per heavy atom. The van der Waals surface area contributed by atoms with Crippen LogP contribution in [-0.2, 0) is 4.74 Å². The van der Waals surface area contributed by atoms with Crippen LogP contribution in [0, 0.1) is 0 Å². The van der Waals surface area contributed by atoms with Crippen molar-refractivity contribution in [2.45, 2.75) is 0 Å². The number of anilines is 1. The maximum absolute atomic E-state index is 11.8. The van der Waals surface area contributed by atoms with E-state index in [0.717, 1.165) is 27.9 Å². The Hall–Kier alpha value is -3.07. The summed E-state index contributed by atoms with van der Waals surface area (Å²) in [6.45, 7) is 0. The van der Waals surface area contributed by atoms with Gasteiger partial charge in [-0.1, -0.05) is 78.9 Å². The summed E-state index contributed by atoms with van der Waals surface area (Å²) < 4.78 is 4.79. The van der Waals surface area contributed by atoms with Crippen molar-refractivity contribution in [1.29, 1.82) is 0 Å². The Kier molecular flexibility index (Phi) is 4.39. The number of hydrogen-bond donors (Lipinski definition) is 1. The Morgan fingerprint density at radius 2 is 1.22 bits per heavy atom. The van der Waals surface area contributed by atoms with Crippen molar-refractivity contribution < 1.29 is 9.53 Å². The van der Waals surface area contributed by atoms with Crippen molar-refractivity contribution >= 4 is 11.8 Å². The molecule has 0 aromatic heterocycles. The lowest BCUT2D eigenvalue weighted by molar-refractivity contribution is 0.187. The van der Waals surface area contributed by atoms with Gasteiger partial charge in [0.1, 0.15) is 0 Å².